The fraction of sp³-hybridized carbons (Fsp3) is 0.933. The van der Waals surface area contributed by atoms with Gasteiger partial charge >= 0.3 is 0 Å². The number of unbranched alkanes of at least 4 members (excludes halogenated alkanes) is 22. The zero-order valence-corrected chi connectivity index (χ0v) is 23.0. The summed E-state index contributed by atoms with van der Waals surface area (Å²) >= 11 is 0. The molecule has 0 amide bonds. The zero-order valence-electron chi connectivity index (χ0n) is 23.0. The number of rotatable bonds is 24. The molecule has 0 aromatic rings. The molecule has 0 fully saturated rings. The van der Waals surface area contributed by atoms with Crippen LogP contribution in [0.25, 0.3) is 0 Å². The summed E-state index contributed by atoms with van der Waals surface area (Å²) in [7, 11) is 0. The minimum absolute atomic E-state index is 0.872. The molecule has 0 saturated heterocycles. The Labute approximate surface area is 205 Å². The highest BCUT2D eigenvalue weighted by Gasteiger charge is 1.93. The highest BCUT2D eigenvalue weighted by Crippen LogP contribution is 2.12. The lowest BCUT2D eigenvalue weighted by molar-refractivity contribution is 0.545. The van der Waals surface area contributed by atoms with Crippen molar-refractivity contribution in [1.82, 2.24) is 0 Å². The molecule has 0 heterocycles. The van der Waals surface area contributed by atoms with Crippen LogP contribution in [0.15, 0.2) is 13.2 Å². The molecule has 0 unspecified atom stereocenters. The van der Waals surface area contributed by atoms with Crippen LogP contribution in [0, 0.1) is 0 Å². The topological polar surface area (TPSA) is 52.0 Å². The Kier molecular flexibility index (Phi) is 46.4. The Morgan fingerprint density at radius 1 is 0.312 bits per heavy atom. The maximum Gasteiger partial charge on any atom is -0.00773 e. The summed E-state index contributed by atoms with van der Waals surface area (Å²) in [4.78, 5) is 0. The van der Waals surface area contributed by atoms with Crippen molar-refractivity contribution < 1.29 is 0 Å². The van der Waals surface area contributed by atoms with Gasteiger partial charge in [0.2, 0.25) is 0 Å². The normalized spacial score (nSPS) is 10.2. The van der Waals surface area contributed by atoms with E-state index in [0.29, 0.717) is 0 Å². The second kappa shape index (κ2) is 41.0. The third-order valence-electron chi connectivity index (χ3n) is 6.12. The van der Waals surface area contributed by atoms with Crippen LogP contribution in [-0.2, 0) is 0 Å². The van der Waals surface area contributed by atoms with E-state index in [1.807, 2.05) is 0 Å². The molecule has 0 aliphatic heterocycles. The van der Waals surface area contributed by atoms with Gasteiger partial charge in [-0.3, -0.25) is 0 Å². The van der Waals surface area contributed by atoms with Gasteiger partial charge in [-0.05, 0) is 25.9 Å². The van der Waals surface area contributed by atoms with Crippen LogP contribution < -0.4 is 11.5 Å². The highest BCUT2D eigenvalue weighted by molar-refractivity contribution is 4.49. The number of nitrogens with two attached hydrogens (primary N) is 2. The average Bonchev–Trinajstić information content (AvgIpc) is 2.83. The van der Waals surface area contributed by atoms with Gasteiger partial charge in [-0.25, -0.2) is 0 Å². The Bertz CT molecular complexity index is 218. The zero-order chi connectivity index (χ0) is 24.4. The van der Waals surface area contributed by atoms with Gasteiger partial charge in [-0.2, -0.15) is 0 Å². The molecule has 0 saturated carbocycles. The van der Waals surface area contributed by atoms with Crippen LogP contribution in [-0.4, -0.2) is 13.1 Å². The summed E-state index contributed by atoms with van der Waals surface area (Å²) in [6.45, 7) is 12.3. The quantitative estimate of drug-likeness (QED) is 0.112. The van der Waals surface area contributed by atoms with E-state index in [2.05, 4.69) is 27.0 Å². The maximum atomic E-state index is 5.45. The van der Waals surface area contributed by atoms with Crippen molar-refractivity contribution in [3.63, 3.8) is 0 Å². The first-order valence-corrected chi connectivity index (χ1v) is 14.7. The first kappa shape index (κ1) is 36.2. The van der Waals surface area contributed by atoms with Gasteiger partial charge in [0.25, 0.3) is 0 Å². The maximum absolute atomic E-state index is 5.45. The van der Waals surface area contributed by atoms with Crippen LogP contribution in [0.1, 0.15) is 168 Å². The van der Waals surface area contributed by atoms with Crippen LogP contribution in [0.2, 0.25) is 0 Å². The van der Waals surface area contributed by atoms with E-state index in [9.17, 15) is 0 Å². The monoisotopic (exact) mass is 455 g/mol. The van der Waals surface area contributed by atoms with Gasteiger partial charge in [0.05, 0.1) is 0 Å². The fourth-order valence-electron chi connectivity index (χ4n) is 3.97. The van der Waals surface area contributed by atoms with Crippen molar-refractivity contribution >= 4 is 0 Å². The van der Waals surface area contributed by atoms with Crippen molar-refractivity contribution in [2.24, 2.45) is 11.5 Å². The average molecular weight is 455 g/mol. The molecule has 2 nitrogen and oxygen atoms in total. The molecule has 0 spiro atoms. The smallest absolute Gasteiger partial charge is 0.00773 e. The first-order chi connectivity index (χ1) is 15.8. The largest absolute Gasteiger partial charge is 0.330 e. The lowest BCUT2D eigenvalue weighted by Gasteiger charge is -2.01. The summed E-state index contributed by atoms with van der Waals surface area (Å²) in [6.07, 6.45) is 33.8. The molecular weight excluding hydrogens is 388 g/mol. The molecule has 0 atom stereocenters. The van der Waals surface area contributed by atoms with Crippen LogP contribution in [0.5, 0.6) is 0 Å². The summed E-state index contributed by atoms with van der Waals surface area (Å²) in [5, 5.41) is 0. The predicted octanol–water partition coefficient (Wildman–Crippen LogP) is 10.1. The van der Waals surface area contributed by atoms with Gasteiger partial charge in [0.15, 0.2) is 0 Å². The van der Waals surface area contributed by atoms with Crippen molar-refractivity contribution in [3.8, 4) is 0 Å². The van der Waals surface area contributed by atoms with Gasteiger partial charge in [0, 0.05) is 0 Å². The van der Waals surface area contributed by atoms with Crippen LogP contribution >= 0.6 is 0 Å². The van der Waals surface area contributed by atoms with Crippen molar-refractivity contribution in [1.29, 1.82) is 0 Å². The van der Waals surface area contributed by atoms with Crippen LogP contribution in [0.4, 0.5) is 0 Å². The number of hydrogen-bond acceptors (Lipinski definition) is 2. The third-order valence-corrected chi connectivity index (χ3v) is 6.12. The Hall–Kier alpha value is -0.340. The Morgan fingerprint density at radius 2 is 0.469 bits per heavy atom. The summed E-state index contributed by atoms with van der Waals surface area (Å²) in [5.41, 5.74) is 10.9. The summed E-state index contributed by atoms with van der Waals surface area (Å²) in [6, 6.07) is 0. The molecule has 196 valence electrons. The lowest BCUT2D eigenvalue weighted by Crippen LogP contribution is -1.97. The Morgan fingerprint density at radius 3 is 0.625 bits per heavy atom. The first-order valence-electron chi connectivity index (χ1n) is 14.7. The molecule has 4 N–H and O–H groups in total. The minimum atomic E-state index is 0.872. The van der Waals surface area contributed by atoms with E-state index in [1.165, 1.54) is 154 Å². The molecule has 0 aromatic heterocycles. The summed E-state index contributed by atoms with van der Waals surface area (Å²) < 4.78 is 0. The lowest BCUT2D eigenvalue weighted by atomic mass is 10.1. The molecule has 0 aromatic carbocycles. The minimum Gasteiger partial charge on any atom is -0.330 e. The van der Waals surface area contributed by atoms with E-state index in [-0.39, 0.29) is 0 Å². The van der Waals surface area contributed by atoms with Gasteiger partial charge in [-0.15, -0.1) is 13.2 Å². The second-order valence-corrected chi connectivity index (χ2v) is 9.36. The van der Waals surface area contributed by atoms with E-state index in [1.54, 1.807) is 0 Å². The van der Waals surface area contributed by atoms with Crippen molar-refractivity contribution in [2.45, 2.75) is 168 Å². The SMILES string of the molecule is C=C.CCCCCCCCCCCCCCN.CCCCCCCCCCCCCCN. The fourth-order valence-corrected chi connectivity index (χ4v) is 3.97. The van der Waals surface area contributed by atoms with E-state index >= 15 is 0 Å². The van der Waals surface area contributed by atoms with E-state index < -0.39 is 0 Å². The van der Waals surface area contributed by atoms with Gasteiger partial charge in [0.1, 0.15) is 0 Å². The molecular formula is C30H66N2. The molecule has 0 aliphatic carbocycles. The number of hydrogen-bond donors (Lipinski definition) is 2. The van der Waals surface area contributed by atoms with E-state index in [0.717, 1.165) is 13.1 Å². The highest BCUT2D eigenvalue weighted by atomic mass is 14.5. The Balaban J connectivity index is -0.000000487. The predicted molar refractivity (Wildman–Crippen MR) is 152 cm³/mol. The molecule has 0 bridgehead atoms. The van der Waals surface area contributed by atoms with Crippen molar-refractivity contribution in [2.75, 3.05) is 13.1 Å². The van der Waals surface area contributed by atoms with Gasteiger partial charge < -0.3 is 11.5 Å². The molecule has 0 rings (SSSR count). The molecule has 32 heavy (non-hydrogen) atoms. The third kappa shape index (κ3) is 43.5. The summed E-state index contributed by atoms with van der Waals surface area (Å²) in [5.74, 6) is 0. The standard InChI is InChI=1S/2C14H31N.C2H4/c2*1-2-3-4-5-6-7-8-9-10-11-12-13-14-15;1-2/h2*2-15H2,1H3;1-2H2. The van der Waals surface area contributed by atoms with Crippen molar-refractivity contribution in [3.05, 3.63) is 13.2 Å². The van der Waals surface area contributed by atoms with Crippen LogP contribution in [0.3, 0.4) is 0 Å². The molecule has 0 aliphatic rings. The van der Waals surface area contributed by atoms with Gasteiger partial charge in [-0.1, -0.05) is 155 Å². The van der Waals surface area contributed by atoms with E-state index in [4.69, 9.17) is 11.5 Å². The second-order valence-electron chi connectivity index (χ2n) is 9.36. The molecule has 2 heteroatoms. The molecule has 0 radical (unpaired) electrons.